The number of aliphatic hydroxyl groups excluding tert-OH is 1. The van der Waals surface area contributed by atoms with Crippen molar-refractivity contribution in [2.75, 3.05) is 45.9 Å². The lowest BCUT2D eigenvalue weighted by Gasteiger charge is -2.47. The van der Waals surface area contributed by atoms with Crippen molar-refractivity contribution in [1.29, 1.82) is 0 Å². The van der Waals surface area contributed by atoms with Crippen molar-refractivity contribution in [3.05, 3.63) is 98.5 Å². The van der Waals surface area contributed by atoms with E-state index in [1.165, 1.54) is 6.07 Å². The number of likely N-dealkylation sites (tertiary alicyclic amines) is 1. The zero-order valence-corrected chi connectivity index (χ0v) is 26.7. The van der Waals surface area contributed by atoms with Crippen LogP contribution in [0.15, 0.2) is 65.6 Å². The Balaban J connectivity index is 0.910. The molecule has 1 amide bonds. The van der Waals surface area contributed by atoms with Crippen LogP contribution in [-0.4, -0.2) is 87.4 Å². The number of halogens is 1. The Kier molecular flexibility index (Phi) is 8.86. The summed E-state index contributed by atoms with van der Waals surface area (Å²) < 4.78 is 21.5. The van der Waals surface area contributed by atoms with Crippen molar-refractivity contribution in [2.24, 2.45) is 0 Å². The molecule has 2 aromatic heterocycles. The van der Waals surface area contributed by atoms with Gasteiger partial charge < -0.3 is 35.1 Å². The molecule has 0 saturated carbocycles. The lowest BCUT2D eigenvalue weighted by Crippen LogP contribution is -2.57. The summed E-state index contributed by atoms with van der Waals surface area (Å²) in [6.07, 6.45) is 3.10. The van der Waals surface area contributed by atoms with E-state index in [9.17, 15) is 24.2 Å². The highest BCUT2D eigenvalue weighted by molar-refractivity contribution is 7.16. The summed E-state index contributed by atoms with van der Waals surface area (Å²) in [6, 6.07) is 16.1. The molecular weight excluding hydrogens is 621 g/mol. The molecule has 1 spiro atoms. The van der Waals surface area contributed by atoms with Crippen LogP contribution < -0.4 is 10.2 Å². The van der Waals surface area contributed by atoms with Crippen molar-refractivity contribution in [2.45, 2.75) is 37.5 Å². The molecule has 1 atom stereocenters. The smallest absolute Gasteiger partial charge is 0.305 e. The van der Waals surface area contributed by atoms with Crippen LogP contribution in [-0.2, 0) is 17.7 Å². The van der Waals surface area contributed by atoms with Gasteiger partial charge >= 0.3 is 4.87 Å². The number of aromatic hydroxyl groups is 1. The molecule has 2 fully saturated rings. The zero-order chi connectivity index (χ0) is 32.5. The monoisotopic (exact) mass is 659 g/mol. The number of morpholine rings is 1. The number of aliphatic hydroxyl groups is 1. The molecule has 0 aliphatic carbocycles. The minimum atomic E-state index is -0.873. The van der Waals surface area contributed by atoms with Gasteiger partial charge in [-0.25, -0.2) is 4.39 Å². The number of hydrogen-bond acceptors (Lipinski definition) is 8. The van der Waals surface area contributed by atoms with Crippen LogP contribution in [0.5, 0.6) is 5.75 Å². The van der Waals surface area contributed by atoms with Crippen LogP contribution in [0.2, 0.25) is 0 Å². The molecule has 12 heteroatoms. The number of thiazole rings is 1. The number of piperidine rings is 1. The zero-order valence-electron chi connectivity index (χ0n) is 25.9. The van der Waals surface area contributed by atoms with Gasteiger partial charge in [-0.1, -0.05) is 41.7 Å². The highest BCUT2D eigenvalue weighted by Gasteiger charge is 2.41. The normalized spacial score (nSPS) is 17.5. The van der Waals surface area contributed by atoms with Gasteiger partial charge in [-0.2, -0.15) is 0 Å². The van der Waals surface area contributed by atoms with Gasteiger partial charge in [0.05, 0.1) is 35.1 Å². The lowest BCUT2D eigenvalue weighted by molar-refractivity contribution is -0.127. The summed E-state index contributed by atoms with van der Waals surface area (Å²) in [5.74, 6) is -0.279. The van der Waals surface area contributed by atoms with Crippen molar-refractivity contribution in [3.8, 4) is 5.75 Å². The number of nitrogens with one attached hydrogen (secondary N) is 3. The van der Waals surface area contributed by atoms with Gasteiger partial charge in [0.15, 0.2) is 0 Å². The number of carbonyl (C=O) groups excluding carboxylic acids is 1. The largest absolute Gasteiger partial charge is 0.506 e. The standard InChI is InChI=1S/C35H38FN5O5S/c36-24-16-22(7-10-37-19-30(43)26-5-6-29(42)31-32(26)47-34(45)39-31)15-23(17-24)20-40-11-8-35(9-12-40)21-41(13-14-46-35)33(44)27-18-38-28-4-2-1-3-25(27)28/h1-6,15-18,30,37-38,42-43H,7-14,19-21H2,(H,39,45). The Morgan fingerprint density at radius 1 is 1.11 bits per heavy atom. The molecule has 3 aromatic carbocycles. The average Bonchev–Trinajstić information content (AvgIpc) is 3.68. The molecule has 1 unspecified atom stereocenters. The third-order valence-corrected chi connectivity index (χ3v) is 10.4. The molecule has 5 aromatic rings. The number of para-hydroxylation sites is 1. The molecule has 0 bridgehead atoms. The maximum Gasteiger partial charge on any atom is 0.305 e. The molecular formula is C35H38FN5O5S. The first kappa shape index (κ1) is 31.5. The van der Waals surface area contributed by atoms with E-state index in [2.05, 4.69) is 20.2 Å². The molecule has 0 radical (unpaired) electrons. The number of H-pyrrole nitrogens is 2. The maximum absolute atomic E-state index is 14.7. The van der Waals surface area contributed by atoms with E-state index in [1.807, 2.05) is 35.2 Å². The van der Waals surface area contributed by atoms with Gasteiger partial charge in [-0.05, 0) is 61.2 Å². The summed E-state index contributed by atoms with van der Waals surface area (Å²) in [6.45, 7) is 4.63. The highest BCUT2D eigenvalue weighted by Crippen LogP contribution is 2.33. The Hall–Kier alpha value is -4.07. The first-order valence-electron chi connectivity index (χ1n) is 16.0. The van der Waals surface area contributed by atoms with Gasteiger partial charge in [0, 0.05) is 55.4 Å². The predicted octanol–water partition coefficient (Wildman–Crippen LogP) is 4.29. The second-order valence-electron chi connectivity index (χ2n) is 12.6. The van der Waals surface area contributed by atoms with Gasteiger partial charge in [0.1, 0.15) is 17.1 Å². The van der Waals surface area contributed by atoms with E-state index in [-0.39, 0.29) is 34.5 Å². The number of phenolic OH excluding ortho intramolecular Hbond substituents is 1. The van der Waals surface area contributed by atoms with E-state index in [1.54, 1.807) is 24.4 Å². The number of amides is 1. The molecule has 47 heavy (non-hydrogen) atoms. The fraction of sp³-hybridized carbons (Fsp3) is 0.371. The second-order valence-corrected chi connectivity index (χ2v) is 13.6. The fourth-order valence-corrected chi connectivity index (χ4v) is 7.87. The molecule has 4 heterocycles. The van der Waals surface area contributed by atoms with E-state index >= 15 is 0 Å². The minimum absolute atomic E-state index is 0.0282. The van der Waals surface area contributed by atoms with Crippen molar-refractivity contribution in [3.63, 3.8) is 0 Å². The quantitative estimate of drug-likeness (QED) is 0.149. The Morgan fingerprint density at radius 3 is 2.77 bits per heavy atom. The van der Waals surface area contributed by atoms with Crippen LogP contribution in [0.4, 0.5) is 4.39 Å². The molecule has 2 aliphatic heterocycles. The van der Waals surface area contributed by atoms with Crippen LogP contribution in [0.1, 0.15) is 46.0 Å². The van der Waals surface area contributed by atoms with E-state index in [0.717, 1.165) is 59.3 Å². The summed E-state index contributed by atoms with van der Waals surface area (Å²) in [7, 11) is 0. The number of phenols is 1. The third kappa shape index (κ3) is 6.69. The number of aromatic nitrogens is 2. The summed E-state index contributed by atoms with van der Waals surface area (Å²) >= 11 is 0.954. The van der Waals surface area contributed by atoms with E-state index < -0.39 is 6.10 Å². The number of fused-ring (bicyclic) bond motifs is 2. The first-order valence-corrected chi connectivity index (χ1v) is 16.8. The van der Waals surface area contributed by atoms with Gasteiger partial charge in [0.2, 0.25) is 0 Å². The first-order chi connectivity index (χ1) is 22.8. The lowest BCUT2D eigenvalue weighted by atomic mass is 9.88. The Morgan fingerprint density at radius 2 is 1.91 bits per heavy atom. The van der Waals surface area contributed by atoms with Gasteiger partial charge in [0.25, 0.3) is 5.91 Å². The van der Waals surface area contributed by atoms with E-state index in [0.29, 0.717) is 60.6 Å². The molecule has 2 aliphatic rings. The Labute approximate surface area is 274 Å². The number of hydrogen-bond donors (Lipinski definition) is 5. The highest BCUT2D eigenvalue weighted by atomic mass is 32.1. The number of aromatic amines is 2. The summed E-state index contributed by atoms with van der Waals surface area (Å²) in [5, 5.41) is 24.9. The van der Waals surface area contributed by atoms with Crippen molar-refractivity contribution < 1.29 is 24.1 Å². The average molecular weight is 660 g/mol. The molecule has 246 valence electrons. The topological polar surface area (TPSA) is 134 Å². The second kappa shape index (κ2) is 13.2. The van der Waals surface area contributed by atoms with Crippen molar-refractivity contribution >= 4 is 38.4 Å². The fourth-order valence-electron chi connectivity index (χ4n) is 6.95. The number of ether oxygens (including phenoxy) is 1. The van der Waals surface area contributed by atoms with E-state index in [4.69, 9.17) is 4.74 Å². The molecule has 7 rings (SSSR count). The summed E-state index contributed by atoms with van der Waals surface area (Å²) in [4.78, 5) is 35.0. The number of nitrogens with zero attached hydrogens (tertiary/aromatic N) is 2. The van der Waals surface area contributed by atoms with Crippen LogP contribution >= 0.6 is 11.3 Å². The Bertz CT molecular complexity index is 1960. The molecule has 10 nitrogen and oxygen atoms in total. The molecule has 5 N–H and O–H groups in total. The van der Waals surface area contributed by atoms with Crippen LogP contribution in [0, 0.1) is 5.82 Å². The number of benzene rings is 3. The number of rotatable bonds is 9. The van der Waals surface area contributed by atoms with Crippen LogP contribution in [0.25, 0.3) is 21.1 Å². The maximum atomic E-state index is 14.7. The van der Waals surface area contributed by atoms with Gasteiger partial charge in [-0.3, -0.25) is 14.5 Å². The molecule has 2 saturated heterocycles. The number of carbonyl (C=O) groups is 1. The third-order valence-electron chi connectivity index (χ3n) is 9.42. The minimum Gasteiger partial charge on any atom is -0.506 e. The van der Waals surface area contributed by atoms with Gasteiger partial charge in [-0.15, -0.1) is 0 Å². The predicted molar refractivity (Wildman–Crippen MR) is 179 cm³/mol. The van der Waals surface area contributed by atoms with Crippen LogP contribution in [0.3, 0.4) is 0 Å². The van der Waals surface area contributed by atoms with Crippen molar-refractivity contribution in [1.82, 2.24) is 25.1 Å². The summed E-state index contributed by atoms with van der Waals surface area (Å²) in [5.41, 5.74) is 3.95. The SMILES string of the molecule is O=C(c1c[nH]c2ccccc12)N1CCOC2(CCN(Cc3cc(F)cc(CCNCC(O)c4ccc(O)c5[nH]c(=O)sc45)c3)CC2)C1.